The van der Waals surface area contributed by atoms with E-state index in [4.69, 9.17) is 5.73 Å². The minimum absolute atomic E-state index is 0.764. The highest BCUT2D eigenvalue weighted by Crippen LogP contribution is 2.19. The lowest BCUT2D eigenvalue weighted by Crippen LogP contribution is -2.01. The number of fused-ring (bicyclic) bond motifs is 1. The topological polar surface area (TPSA) is 56.7 Å². The zero-order valence-corrected chi connectivity index (χ0v) is 9.20. The summed E-state index contributed by atoms with van der Waals surface area (Å²) in [5.74, 6) is 0. The van der Waals surface area contributed by atoms with Crippen LogP contribution in [0.1, 0.15) is 25.5 Å². The molecule has 0 atom stereocenters. The molecular formula is C11H16N4. The first-order chi connectivity index (χ1) is 7.22. The van der Waals surface area contributed by atoms with Crippen molar-refractivity contribution in [1.82, 2.24) is 14.8 Å². The van der Waals surface area contributed by atoms with Gasteiger partial charge < -0.3 is 5.73 Å². The average molecular weight is 204 g/mol. The number of aromatic nitrogens is 3. The van der Waals surface area contributed by atoms with E-state index in [1.54, 1.807) is 6.20 Å². The van der Waals surface area contributed by atoms with Crippen molar-refractivity contribution in [2.75, 3.05) is 5.73 Å². The van der Waals surface area contributed by atoms with Gasteiger partial charge in [-0.05, 0) is 19.4 Å². The molecule has 0 radical (unpaired) electrons. The first kappa shape index (κ1) is 9.96. The predicted octanol–water partition coefficient (Wildman–Crippen LogP) is 2.12. The van der Waals surface area contributed by atoms with Crippen molar-refractivity contribution in [3.05, 3.63) is 18.0 Å². The Labute approximate surface area is 89.1 Å². The molecule has 0 aliphatic rings. The lowest BCUT2D eigenvalue weighted by atomic mass is 10.2. The third kappa shape index (κ3) is 1.79. The van der Waals surface area contributed by atoms with Gasteiger partial charge >= 0.3 is 0 Å². The summed E-state index contributed by atoms with van der Waals surface area (Å²) >= 11 is 0. The summed E-state index contributed by atoms with van der Waals surface area (Å²) in [4.78, 5) is 4.47. The normalized spacial score (nSPS) is 11.1. The van der Waals surface area contributed by atoms with Crippen molar-refractivity contribution < 1.29 is 0 Å². The Hall–Kier alpha value is -1.58. The fourth-order valence-corrected chi connectivity index (χ4v) is 1.67. The largest absolute Gasteiger partial charge is 0.398 e. The lowest BCUT2D eigenvalue weighted by molar-refractivity contribution is 0.584. The molecule has 0 aliphatic heterocycles. The predicted molar refractivity (Wildman–Crippen MR) is 61.6 cm³/mol. The smallest absolute Gasteiger partial charge is 0.160 e. The van der Waals surface area contributed by atoms with Crippen molar-refractivity contribution in [2.45, 2.75) is 33.2 Å². The molecule has 0 saturated heterocycles. The Bertz CT molecular complexity index is 473. The summed E-state index contributed by atoms with van der Waals surface area (Å²) < 4.78 is 1.93. The van der Waals surface area contributed by atoms with Gasteiger partial charge in [0.2, 0.25) is 0 Å². The summed E-state index contributed by atoms with van der Waals surface area (Å²) in [6.45, 7) is 5.03. The Morgan fingerprint density at radius 2 is 2.27 bits per heavy atom. The number of nitrogens with two attached hydrogens (primary N) is 1. The maximum absolute atomic E-state index is 5.91. The number of aryl methyl sites for hydroxylation is 2. The zero-order chi connectivity index (χ0) is 10.8. The van der Waals surface area contributed by atoms with Crippen LogP contribution in [-0.2, 0) is 6.54 Å². The second-order valence-electron chi connectivity index (χ2n) is 3.81. The number of hydrogen-bond acceptors (Lipinski definition) is 3. The maximum atomic E-state index is 5.91. The molecule has 80 valence electrons. The molecule has 2 aromatic heterocycles. The zero-order valence-electron chi connectivity index (χ0n) is 9.20. The molecule has 4 nitrogen and oxygen atoms in total. The van der Waals surface area contributed by atoms with Crippen molar-refractivity contribution in [3.8, 4) is 0 Å². The van der Waals surface area contributed by atoms with Crippen LogP contribution in [0.15, 0.2) is 12.3 Å². The molecule has 2 N–H and O–H groups in total. The molecule has 0 bridgehead atoms. The van der Waals surface area contributed by atoms with Crippen LogP contribution in [-0.4, -0.2) is 14.8 Å². The van der Waals surface area contributed by atoms with Gasteiger partial charge in [-0.25, -0.2) is 9.67 Å². The lowest BCUT2D eigenvalue weighted by Gasteiger charge is -2.03. The van der Waals surface area contributed by atoms with E-state index in [2.05, 4.69) is 17.0 Å². The first-order valence-corrected chi connectivity index (χ1v) is 5.31. The summed E-state index contributed by atoms with van der Waals surface area (Å²) in [7, 11) is 0. The highest BCUT2D eigenvalue weighted by atomic mass is 15.3. The first-order valence-electron chi connectivity index (χ1n) is 5.31. The Morgan fingerprint density at radius 3 is 3.00 bits per heavy atom. The Balaban J connectivity index is 2.49. The van der Waals surface area contributed by atoms with Gasteiger partial charge in [0, 0.05) is 17.9 Å². The SMILES string of the molecule is CCCCn1ncc2c(N)cc(C)nc21. The van der Waals surface area contributed by atoms with E-state index in [1.165, 1.54) is 0 Å². The molecule has 0 amide bonds. The molecular weight excluding hydrogens is 188 g/mol. The number of unbranched alkanes of at least 4 members (excludes halogenated alkanes) is 1. The molecule has 0 fully saturated rings. The standard InChI is InChI=1S/C11H16N4/c1-3-4-5-15-11-9(7-13-15)10(12)6-8(2)14-11/h6-7H,3-5H2,1-2H3,(H2,12,14). The summed E-state index contributed by atoms with van der Waals surface area (Å²) in [6.07, 6.45) is 4.07. The minimum atomic E-state index is 0.764. The second-order valence-corrected chi connectivity index (χ2v) is 3.81. The van der Waals surface area contributed by atoms with Gasteiger partial charge in [-0.2, -0.15) is 5.10 Å². The van der Waals surface area contributed by atoms with E-state index >= 15 is 0 Å². The fourth-order valence-electron chi connectivity index (χ4n) is 1.67. The molecule has 2 rings (SSSR count). The van der Waals surface area contributed by atoms with Gasteiger partial charge in [0.05, 0.1) is 11.6 Å². The Morgan fingerprint density at radius 1 is 1.47 bits per heavy atom. The van der Waals surface area contributed by atoms with Crippen LogP contribution >= 0.6 is 0 Å². The van der Waals surface area contributed by atoms with Gasteiger partial charge in [0.15, 0.2) is 5.65 Å². The number of nitrogens with zero attached hydrogens (tertiary/aromatic N) is 3. The number of hydrogen-bond donors (Lipinski definition) is 1. The number of anilines is 1. The monoisotopic (exact) mass is 204 g/mol. The van der Waals surface area contributed by atoms with E-state index in [0.29, 0.717) is 0 Å². The van der Waals surface area contributed by atoms with Crippen molar-refractivity contribution in [3.63, 3.8) is 0 Å². The van der Waals surface area contributed by atoms with E-state index in [0.717, 1.165) is 41.8 Å². The number of rotatable bonds is 3. The molecule has 0 aromatic carbocycles. The van der Waals surface area contributed by atoms with Crippen LogP contribution in [0.3, 0.4) is 0 Å². The van der Waals surface area contributed by atoms with Gasteiger partial charge in [0.1, 0.15) is 0 Å². The number of pyridine rings is 1. The maximum Gasteiger partial charge on any atom is 0.160 e. The number of nitrogen functional groups attached to an aromatic ring is 1. The van der Waals surface area contributed by atoms with Crippen molar-refractivity contribution in [2.24, 2.45) is 0 Å². The molecule has 2 heterocycles. The highest BCUT2D eigenvalue weighted by molar-refractivity contribution is 5.87. The van der Waals surface area contributed by atoms with Gasteiger partial charge in [-0.3, -0.25) is 0 Å². The van der Waals surface area contributed by atoms with Crippen LogP contribution in [0, 0.1) is 6.92 Å². The van der Waals surface area contributed by atoms with Crippen molar-refractivity contribution in [1.29, 1.82) is 0 Å². The van der Waals surface area contributed by atoms with E-state index in [-0.39, 0.29) is 0 Å². The molecule has 0 unspecified atom stereocenters. The molecule has 2 aromatic rings. The molecule has 0 aliphatic carbocycles. The van der Waals surface area contributed by atoms with Gasteiger partial charge in [-0.15, -0.1) is 0 Å². The van der Waals surface area contributed by atoms with E-state index < -0.39 is 0 Å². The van der Waals surface area contributed by atoms with Crippen LogP contribution in [0.2, 0.25) is 0 Å². The summed E-state index contributed by atoms with van der Waals surface area (Å²) in [6, 6.07) is 1.88. The van der Waals surface area contributed by atoms with Crippen molar-refractivity contribution >= 4 is 16.7 Å². The van der Waals surface area contributed by atoms with Gasteiger partial charge in [0.25, 0.3) is 0 Å². The van der Waals surface area contributed by atoms with Crippen LogP contribution in [0.5, 0.6) is 0 Å². The van der Waals surface area contributed by atoms with E-state index in [1.807, 2.05) is 17.7 Å². The summed E-state index contributed by atoms with van der Waals surface area (Å²) in [5.41, 5.74) is 8.52. The Kier molecular flexibility index (Phi) is 2.58. The molecule has 0 spiro atoms. The summed E-state index contributed by atoms with van der Waals surface area (Å²) in [5, 5.41) is 5.26. The highest BCUT2D eigenvalue weighted by Gasteiger charge is 2.07. The third-order valence-corrected chi connectivity index (χ3v) is 2.49. The van der Waals surface area contributed by atoms with E-state index in [9.17, 15) is 0 Å². The van der Waals surface area contributed by atoms with Crippen LogP contribution in [0.25, 0.3) is 11.0 Å². The minimum Gasteiger partial charge on any atom is -0.398 e. The fraction of sp³-hybridized carbons (Fsp3) is 0.455. The second kappa shape index (κ2) is 3.88. The molecule has 4 heteroatoms. The average Bonchev–Trinajstić information content (AvgIpc) is 2.58. The molecule has 15 heavy (non-hydrogen) atoms. The van der Waals surface area contributed by atoms with Gasteiger partial charge in [-0.1, -0.05) is 13.3 Å². The molecule has 0 saturated carbocycles. The van der Waals surface area contributed by atoms with Crippen LogP contribution in [0.4, 0.5) is 5.69 Å². The quantitative estimate of drug-likeness (QED) is 0.833. The van der Waals surface area contributed by atoms with Crippen LogP contribution < -0.4 is 5.73 Å². The third-order valence-electron chi connectivity index (χ3n) is 2.49.